The summed E-state index contributed by atoms with van der Waals surface area (Å²) in [4.78, 5) is 9.89. The second-order valence-corrected chi connectivity index (χ2v) is 12.1. The Morgan fingerprint density at radius 3 is 2.63 bits per heavy atom. The molecular weight excluding hydrogens is 543 g/mol. The van der Waals surface area contributed by atoms with Crippen molar-refractivity contribution in [2.45, 2.75) is 20.4 Å². The van der Waals surface area contributed by atoms with E-state index in [1.165, 1.54) is 12.1 Å². The summed E-state index contributed by atoms with van der Waals surface area (Å²) in [5.41, 5.74) is 7.26. The Bertz CT molecular complexity index is 1830. The number of pyridine rings is 1. The van der Waals surface area contributed by atoms with E-state index >= 15 is 0 Å². The van der Waals surface area contributed by atoms with Crippen molar-refractivity contribution in [3.05, 3.63) is 83.7 Å². The van der Waals surface area contributed by atoms with Crippen LogP contribution in [-0.2, 0) is 16.6 Å². The number of anilines is 1. The van der Waals surface area contributed by atoms with E-state index < -0.39 is 10.0 Å². The first-order valence-electron chi connectivity index (χ1n) is 13.1. The van der Waals surface area contributed by atoms with E-state index in [4.69, 9.17) is 9.84 Å². The molecule has 0 fully saturated rings. The molecule has 0 aliphatic carbocycles. The summed E-state index contributed by atoms with van der Waals surface area (Å²) in [6.45, 7) is 5.52. The van der Waals surface area contributed by atoms with Gasteiger partial charge >= 0.3 is 0 Å². The molecule has 2 aromatic carbocycles. The molecule has 3 aromatic heterocycles. The molecule has 0 amide bonds. The number of aromatic amines is 1. The van der Waals surface area contributed by atoms with Gasteiger partial charge in [0.05, 0.1) is 24.2 Å². The van der Waals surface area contributed by atoms with E-state index in [1.807, 2.05) is 61.9 Å². The third-order valence-corrected chi connectivity index (χ3v) is 7.40. The number of aryl methyl sites for hydroxylation is 1. The number of hydrogen-bond donors (Lipinski definition) is 2. The molecular formula is C30H33FN6O3S. The quantitative estimate of drug-likeness (QED) is 0.237. The van der Waals surface area contributed by atoms with Crippen LogP contribution in [0.25, 0.3) is 33.3 Å². The zero-order chi connectivity index (χ0) is 29.3. The maximum atomic E-state index is 13.8. The zero-order valence-electron chi connectivity index (χ0n) is 23.7. The maximum absolute atomic E-state index is 13.8. The predicted octanol–water partition coefficient (Wildman–Crippen LogP) is 5.21. The normalized spacial score (nSPS) is 11.9. The molecule has 0 aliphatic rings. The lowest BCUT2D eigenvalue weighted by Gasteiger charge is -2.16. The number of nitrogens with one attached hydrogen (secondary N) is 2. The summed E-state index contributed by atoms with van der Waals surface area (Å²) in [5, 5.41) is 5.65. The third-order valence-electron chi connectivity index (χ3n) is 6.81. The lowest BCUT2D eigenvalue weighted by molar-refractivity contribution is 0.262. The number of rotatable bonds is 10. The molecule has 0 radical (unpaired) electrons. The van der Waals surface area contributed by atoms with Crippen LogP contribution >= 0.6 is 0 Å². The molecule has 0 saturated carbocycles. The number of hydrogen-bond acceptors (Lipinski definition) is 6. The van der Waals surface area contributed by atoms with Gasteiger partial charge in [-0.05, 0) is 69.4 Å². The second-order valence-electron chi connectivity index (χ2n) is 10.4. The fourth-order valence-corrected chi connectivity index (χ4v) is 5.43. The number of nitrogens with zero attached hydrogens (tertiary/aromatic N) is 4. The Morgan fingerprint density at radius 2 is 1.90 bits per heavy atom. The molecule has 3 heterocycles. The molecule has 41 heavy (non-hydrogen) atoms. The van der Waals surface area contributed by atoms with E-state index in [9.17, 15) is 12.8 Å². The fourth-order valence-electron chi connectivity index (χ4n) is 4.87. The number of ether oxygens (including phenoxy) is 1. The van der Waals surface area contributed by atoms with E-state index in [2.05, 4.69) is 14.7 Å². The summed E-state index contributed by atoms with van der Waals surface area (Å²) in [6.07, 6.45) is 4.78. The van der Waals surface area contributed by atoms with Gasteiger partial charge in [0.2, 0.25) is 10.0 Å². The predicted molar refractivity (Wildman–Crippen MR) is 160 cm³/mol. The minimum atomic E-state index is -3.53. The van der Waals surface area contributed by atoms with Crippen molar-refractivity contribution in [1.29, 1.82) is 0 Å². The number of halogens is 1. The Balaban J connectivity index is 1.52. The third kappa shape index (κ3) is 6.41. The Morgan fingerprint density at radius 1 is 1.10 bits per heavy atom. The molecule has 2 N–H and O–H groups in total. The molecule has 5 aromatic rings. The summed E-state index contributed by atoms with van der Waals surface area (Å²) >= 11 is 0. The number of H-pyrrole nitrogens is 1. The van der Waals surface area contributed by atoms with E-state index in [0.29, 0.717) is 31.1 Å². The average molecular weight is 577 g/mol. The van der Waals surface area contributed by atoms with E-state index in [1.54, 1.807) is 24.4 Å². The molecule has 0 spiro atoms. The number of aromatic nitrogens is 4. The van der Waals surface area contributed by atoms with Crippen molar-refractivity contribution in [3.63, 3.8) is 0 Å². The fraction of sp³-hybridized carbons (Fsp3) is 0.267. The summed E-state index contributed by atoms with van der Waals surface area (Å²) < 4.78 is 48.3. The molecule has 0 aliphatic heterocycles. The molecule has 0 saturated heterocycles. The van der Waals surface area contributed by atoms with Gasteiger partial charge in [0.15, 0.2) is 0 Å². The topological polar surface area (TPSA) is 105 Å². The zero-order valence-corrected chi connectivity index (χ0v) is 24.5. The molecule has 0 atom stereocenters. The highest BCUT2D eigenvalue weighted by molar-refractivity contribution is 7.92. The van der Waals surface area contributed by atoms with Crippen molar-refractivity contribution in [2.75, 3.05) is 38.2 Å². The molecule has 9 nitrogen and oxygen atoms in total. The van der Waals surface area contributed by atoms with E-state index in [0.717, 1.165) is 56.5 Å². The number of sulfonamides is 1. The van der Waals surface area contributed by atoms with Crippen molar-refractivity contribution < 1.29 is 17.5 Å². The number of benzene rings is 2. The van der Waals surface area contributed by atoms with Crippen molar-refractivity contribution in [2.24, 2.45) is 0 Å². The second kappa shape index (κ2) is 11.3. The average Bonchev–Trinajstić information content (AvgIpc) is 3.42. The number of likely N-dealkylation sites (N-methyl/N-ethyl adjacent to an activating group) is 1. The van der Waals surface area contributed by atoms with Crippen LogP contribution in [0.3, 0.4) is 0 Å². The van der Waals surface area contributed by atoms with Gasteiger partial charge in [0.1, 0.15) is 23.8 Å². The smallest absolute Gasteiger partial charge is 0.229 e. The monoisotopic (exact) mass is 576 g/mol. The van der Waals surface area contributed by atoms with Gasteiger partial charge in [0, 0.05) is 46.7 Å². The van der Waals surface area contributed by atoms with Gasteiger partial charge in [-0.3, -0.25) is 9.40 Å². The van der Waals surface area contributed by atoms with Gasteiger partial charge in [-0.2, -0.15) is 5.10 Å². The van der Waals surface area contributed by atoms with Gasteiger partial charge in [-0.1, -0.05) is 18.2 Å². The lowest BCUT2D eigenvalue weighted by Crippen LogP contribution is -2.20. The van der Waals surface area contributed by atoms with Crippen LogP contribution in [0, 0.1) is 19.7 Å². The standard InChI is InChI=1S/C30H33FN6O3S/c1-19-29(20(2)37(34-19)18-21-7-6-8-24(31)13-21)26-17-33-30-25(26)14-23(16-32-30)22-9-10-28(40-12-11-36(3)4)27(15-22)35-41(5,38)39/h6-10,13-17,35H,11-12,18H2,1-5H3,(H,32,33). The van der Waals surface area contributed by atoms with Crippen LogP contribution in [0.5, 0.6) is 5.75 Å². The van der Waals surface area contributed by atoms with Crippen molar-refractivity contribution in [1.82, 2.24) is 24.6 Å². The molecule has 5 rings (SSSR count). The molecule has 11 heteroatoms. The van der Waals surface area contributed by atoms with Crippen LogP contribution < -0.4 is 9.46 Å². The summed E-state index contributed by atoms with van der Waals surface area (Å²) in [7, 11) is 0.355. The first kappa shape index (κ1) is 28.3. The maximum Gasteiger partial charge on any atom is 0.229 e. The van der Waals surface area contributed by atoms with Crippen LogP contribution in [0.4, 0.5) is 10.1 Å². The SMILES string of the molecule is Cc1nn(Cc2cccc(F)c2)c(C)c1-c1c[nH]c2ncc(-c3ccc(OCCN(C)C)c(NS(C)(=O)=O)c3)cc12. The minimum absolute atomic E-state index is 0.275. The first-order chi connectivity index (χ1) is 19.5. The van der Waals surface area contributed by atoms with Crippen molar-refractivity contribution in [3.8, 4) is 28.0 Å². The highest BCUT2D eigenvalue weighted by Crippen LogP contribution is 2.36. The molecule has 0 bridgehead atoms. The Labute approximate surface area is 239 Å². The highest BCUT2D eigenvalue weighted by atomic mass is 32.2. The van der Waals surface area contributed by atoms with Crippen LogP contribution in [0.15, 0.2) is 60.9 Å². The molecule has 214 valence electrons. The summed E-state index contributed by atoms with van der Waals surface area (Å²) in [5.74, 6) is 0.178. The molecule has 0 unspecified atom stereocenters. The van der Waals surface area contributed by atoms with Crippen LogP contribution in [-0.4, -0.2) is 66.6 Å². The van der Waals surface area contributed by atoms with Crippen LogP contribution in [0.1, 0.15) is 17.0 Å². The summed E-state index contributed by atoms with van der Waals surface area (Å²) in [6, 6.07) is 14.0. The van der Waals surface area contributed by atoms with E-state index in [-0.39, 0.29) is 5.82 Å². The van der Waals surface area contributed by atoms with Crippen LogP contribution in [0.2, 0.25) is 0 Å². The largest absolute Gasteiger partial charge is 0.490 e. The van der Waals surface area contributed by atoms with Gasteiger partial charge in [0.25, 0.3) is 0 Å². The minimum Gasteiger partial charge on any atom is -0.490 e. The highest BCUT2D eigenvalue weighted by Gasteiger charge is 2.19. The van der Waals surface area contributed by atoms with Gasteiger partial charge in [-0.15, -0.1) is 0 Å². The lowest BCUT2D eigenvalue weighted by atomic mass is 10.0. The van der Waals surface area contributed by atoms with Crippen molar-refractivity contribution >= 4 is 26.7 Å². The van der Waals surface area contributed by atoms with Gasteiger partial charge < -0.3 is 14.6 Å². The Hall–Kier alpha value is -4.22. The Kier molecular flexibility index (Phi) is 7.83. The first-order valence-corrected chi connectivity index (χ1v) is 15.0. The van der Waals surface area contributed by atoms with Gasteiger partial charge in [-0.25, -0.2) is 17.8 Å². The number of fused-ring (bicyclic) bond motifs is 1.